The van der Waals surface area contributed by atoms with Crippen molar-refractivity contribution in [2.24, 2.45) is 0 Å². The largest absolute Gasteiger partial charge is 0.378 e. The van der Waals surface area contributed by atoms with Crippen molar-refractivity contribution in [2.45, 2.75) is 19.4 Å². The van der Waals surface area contributed by atoms with Gasteiger partial charge in [0.2, 0.25) is 5.91 Å². The SMILES string of the molecule is CN(C)c1ccc(CNC(=O)CCc2ccc(Cl)cc2)cc1. The first-order chi connectivity index (χ1) is 10.5. The van der Waals surface area contributed by atoms with E-state index in [1.54, 1.807) is 0 Å². The topological polar surface area (TPSA) is 32.3 Å². The predicted molar refractivity (Wildman–Crippen MR) is 92.4 cm³/mol. The molecule has 3 nitrogen and oxygen atoms in total. The van der Waals surface area contributed by atoms with Crippen LogP contribution in [0.5, 0.6) is 0 Å². The van der Waals surface area contributed by atoms with Gasteiger partial charge in [-0.3, -0.25) is 4.79 Å². The van der Waals surface area contributed by atoms with Crippen LogP contribution in [-0.2, 0) is 17.8 Å². The lowest BCUT2D eigenvalue weighted by molar-refractivity contribution is -0.121. The van der Waals surface area contributed by atoms with E-state index < -0.39 is 0 Å². The molecule has 0 aliphatic carbocycles. The normalized spacial score (nSPS) is 10.3. The lowest BCUT2D eigenvalue weighted by Gasteiger charge is -2.13. The Morgan fingerprint density at radius 3 is 2.18 bits per heavy atom. The molecule has 0 bridgehead atoms. The van der Waals surface area contributed by atoms with Crippen LogP contribution in [-0.4, -0.2) is 20.0 Å². The summed E-state index contributed by atoms with van der Waals surface area (Å²) >= 11 is 5.84. The second-order valence-corrected chi connectivity index (χ2v) is 5.90. The van der Waals surface area contributed by atoms with Gasteiger partial charge in [-0.15, -0.1) is 0 Å². The van der Waals surface area contributed by atoms with E-state index >= 15 is 0 Å². The lowest BCUT2D eigenvalue weighted by Crippen LogP contribution is -2.23. The molecule has 0 aliphatic rings. The first-order valence-electron chi connectivity index (χ1n) is 7.32. The average molecular weight is 317 g/mol. The number of rotatable bonds is 6. The fourth-order valence-electron chi connectivity index (χ4n) is 2.11. The van der Waals surface area contributed by atoms with Crippen LogP contribution in [0, 0.1) is 0 Å². The highest BCUT2D eigenvalue weighted by Gasteiger charge is 2.03. The third-order valence-corrected chi connectivity index (χ3v) is 3.75. The first kappa shape index (κ1) is 16.4. The van der Waals surface area contributed by atoms with E-state index in [2.05, 4.69) is 22.3 Å². The maximum Gasteiger partial charge on any atom is 0.220 e. The highest BCUT2D eigenvalue weighted by Crippen LogP contribution is 2.13. The molecule has 1 amide bonds. The Bertz CT molecular complexity index is 606. The van der Waals surface area contributed by atoms with Crippen LogP contribution in [0.4, 0.5) is 5.69 Å². The summed E-state index contributed by atoms with van der Waals surface area (Å²) in [5.74, 6) is 0.0617. The molecule has 0 saturated carbocycles. The maximum absolute atomic E-state index is 11.9. The van der Waals surface area contributed by atoms with Crippen LogP contribution < -0.4 is 10.2 Å². The summed E-state index contributed by atoms with van der Waals surface area (Å²) in [5, 5.41) is 3.67. The Morgan fingerprint density at radius 1 is 1.00 bits per heavy atom. The maximum atomic E-state index is 11.9. The van der Waals surface area contributed by atoms with Gasteiger partial charge in [-0.25, -0.2) is 0 Å². The van der Waals surface area contributed by atoms with Crippen molar-refractivity contribution in [1.82, 2.24) is 5.32 Å². The van der Waals surface area contributed by atoms with Crippen LogP contribution >= 0.6 is 11.6 Å². The minimum absolute atomic E-state index is 0.0617. The molecule has 0 radical (unpaired) electrons. The Labute approximate surface area is 136 Å². The zero-order chi connectivity index (χ0) is 15.9. The molecule has 0 fully saturated rings. The van der Waals surface area contributed by atoms with Gasteiger partial charge < -0.3 is 10.2 Å². The fraction of sp³-hybridized carbons (Fsp3) is 0.278. The molecule has 2 rings (SSSR count). The molecule has 0 spiro atoms. The number of hydrogen-bond acceptors (Lipinski definition) is 2. The van der Waals surface area contributed by atoms with E-state index in [1.165, 1.54) is 0 Å². The molecule has 0 unspecified atom stereocenters. The number of benzene rings is 2. The van der Waals surface area contributed by atoms with Crippen LogP contribution in [0.15, 0.2) is 48.5 Å². The third-order valence-electron chi connectivity index (χ3n) is 3.50. The summed E-state index contributed by atoms with van der Waals surface area (Å²) in [6, 6.07) is 15.8. The van der Waals surface area contributed by atoms with Crippen LogP contribution in [0.3, 0.4) is 0 Å². The molecule has 0 saturated heterocycles. The molecule has 116 valence electrons. The van der Waals surface area contributed by atoms with Gasteiger partial charge in [-0.05, 0) is 41.8 Å². The fourth-order valence-corrected chi connectivity index (χ4v) is 2.24. The molecule has 0 heterocycles. The number of carbonyl (C=O) groups excluding carboxylic acids is 1. The molecule has 22 heavy (non-hydrogen) atoms. The zero-order valence-corrected chi connectivity index (χ0v) is 13.7. The molecule has 2 aromatic rings. The number of amides is 1. The van der Waals surface area contributed by atoms with Gasteiger partial charge in [-0.1, -0.05) is 35.9 Å². The lowest BCUT2D eigenvalue weighted by atomic mass is 10.1. The van der Waals surface area contributed by atoms with Gasteiger partial charge in [0.15, 0.2) is 0 Å². The summed E-state index contributed by atoms with van der Waals surface area (Å²) in [6.45, 7) is 0.563. The molecule has 4 heteroatoms. The van der Waals surface area contributed by atoms with Crippen molar-refractivity contribution in [2.75, 3.05) is 19.0 Å². The van der Waals surface area contributed by atoms with Gasteiger partial charge in [0.1, 0.15) is 0 Å². The monoisotopic (exact) mass is 316 g/mol. The quantitative estimate of drug-likeness (QED) is 0.882. The van der Waals surface area contributed by atoms with E-state index in [1.807, 2.05) is 50.5 Å². The summed E-state index contributed by atoms with van der Waals surface area (Å²) in [5.41, 5.74) is 3.37. The number of nitrogens with one attached hydrogen (secondary N) is 1. The van der Waals surface area contributed by atoms with E-state index in [9.17, 15) is 4.79 Å². The van der Waals surface area contributed by atoms with E-state index in [0.717, 1.165) is 28.3 Å². The Morgan fingerprint density at radius 2 is 1.59 bits per heavy atom. The van der Waals surface area contributed by atoms with Crippen molar-refractivity contribution in [3.63, 3.8) is 0 Å². The zero-order valence-electron chi connectivity index (χ0n) is 13.0. The van der Waals surface area contributed by atoms with Gasteiger partial charge in [0.25, 0.3) is 0 Å². The van der Waals surface area contributed by atoms with Gasteiger partial charge in [-0.2, -0.15) is 0 Å². The molecule has 2 aromatic carbocycles. The van der Waals surface area contributed by atoms with Crippen molar-refractivity contribution in [3.8, 4) is 0 Å². The standard InChI is InChI=1S/C18H21ClN2O/c1-21(2)17-10-5-15(6-11-17)13-20-18(22)12-7-14-3-8-16(19)9-4-14/h3-6,8-11H,7,12-13H2,1-2H3,(H,20,22). The van der Waals surface area contributed by atoms with Gasteiger partial charge in [0.05, 0.1) is 0 Å². The smallest absolute Gasteiger partial charge is 0.220 e. The van der Waals surface area contributed by atoms with Crippen LogP contribution in [0.1, 0.15) is 17.5 Å². The molecule has 0 atom stereocenters. The van der Waals surface area contributed by atoms with Crippen molar-refractivity contribution in [3.05, 3.63) is 64.7 Å². The molecular formula is C18H21ClN2O. The van der Waals surface area contributed by atoms with E-state index in [4.69, 9.17) is 11.6 Å². The number of aryl methyl sites for hydroxylation is 1. The van der Waals surface area contributed by atoms with Crippen LogP contribution in [0.25, 0.3) is 0 Å². The summed E-state index contributed by atoms with van der Waals surface area (Å²) < 4.78 is 0. The van der Waals surface area contributed by atoms with E-state index in [-0.39, 0.29) is 5.91 Å². The molecule has 1 N–H and O–H groups in total. The molecule has 0 aliphatic heterocycles. The van der Waals surface area contributed by atoms with Crippen molar-refractivity contribution >= 4 is 23.2 Å². The third kappa shape index (κ3) is 5.08. The van der Waals surface area contributed by atoms with Crippen LogP contribution in [0.2, 0.25) is 5.02 Å². The predicted octanol–water partition coefficient (Wildman–Crippen LogP) is 3.66. The second-order valence-electron chi connectivity index (χ2n) is 5.46. The Balaban J connectivity index is 1.76. The number of carbonyl (C=O) groups is 1. The summed E-state index contributed by atoms with van der Waals surface area (Å²) in [4.78, 5) is 13.9. The number of anilines is 1. The average Bonchev–Trinajstić information content (AvgIpc) is 2.52. The first-order valence-corrected chi connectivity index (χ1v) is 7.70. The summed E-state index contributed by atoms with van der Waals surface area (Å²) in [6.07, 6.45) is 1.21. The number of halogens is 1. The summed E-state index contributed by atoms with van der Waals surface area (Å²) in [7, 11) is 4.01. The van der Waals surface area contributed by atoms with Crippen molar-refractivity contribution < 1.29 is 4.79 Å². The minimum Gasteiger partial charge on any atom is -0.378 e. The highest BCUT2D eigenvalue weighted by molar-refractivity contribution is 6.30. The van der Waals surface area contributed by atoms with Gasteiger partial charge >= 0.3 is 0 Å². The molecular weight excluding hydrogens is 296 g/mol. The second kappa shape index (κ2) is 7.85. The van der Waals surface area contributed by atoms with Crippen molar-refractivity contribution in [1.29, 1.82) is 0 Å². The van der Waals surface area contributed by atoms with Gasteiger partial charge in [0, 0.05) is 37.8 Å². The Hall–Kier alpha value is -2.00. The number of nitrogens with zero attached hydrogens (tertiary/aromatic N) is 1. The van der Waals surface area contributed by atoms with E-state index in [0.29, 0.717) is 13.0 Å². The minimum atomic E-state index is 0.0617. The molecule has 0 aromatic heterocycles. The highest BCUT2D eigenvalue weighted by atomic mass is 35.5. The Kier molecular flexibility index (Phi) is 5.84. The number of hydrogen-bond donors (Lipinski definition) is 1.